The number of fused-ring (bicyclic) bond motifs is 6. The SMILES string of the molecule is Cc1cc2ccccc2c(-c2ccc3c(c2)C2CCC3C2)n1. The zero-order valence-corrected chi connectivity index (χ0v) is 12.8. The highest BCUT2D eigenvalue weighted by Crippen LogP contribution is 2.53. The van der Waals surface area contributed by atoms with Crippen LogP contribution in [0.2, 0.25) is 0 Å². The maximum Gasteiger partial charge on any atom is 0.0783 e. The first-order valence-corrected chi connectivity index (χ1v) is 8.30. The van der Waals surface area contributed by atoms with E-state index in [1.165, 1.54) is 35.6 Å². The summed E-state index contributed by atoms with van der Waals surface area (Å²) < 4.78 is 0. The number of pyridine rings is 1. The summed E-state index contributed by atoms with van der Waals surface area (Å²) in [6.45, 7) is 2.09. The Morgan fingerprint density at radius 2 is 1.73 bits per heavy atom. The van der Waals surface area contributed by atoms with Gasteiger partial charge in [0.15, 0.2) is 0 Å². The Morgan fingerprint density at radius 3 is 2.64 bits per heavy atom. The summed E-state index contributed by atoms with van der Waals surface area (Å²) in [6.07, 6.45) is 4.15. The van der Waals surface area contributed by atoms with Crippen molar-refractivity contribution in [2.75, 3.05) is 0 Å². The Bertz CT molecular complexity index is 894. The lowest BCUT2D eigenvalue weighted by atomic mass is 9.89. The van der Waals surface area contributed by atoms with Crippen LogP contribution in [0.5, 0.6) is 0 Å². The van der Waals surface area contributed by atoms with E-state index in [-0.39, 0.29) is 0 Å². The summed E-state index contributed by atoms with van der Waals surface area (Å²) >= 11 is 0. The Morgan fingerprint density at radius 1 is 0.909 bits per heavy atom. The quantitative estimate of drug-likeness (QED) is 0.569. The van der Waals surface area contributed by atoms with Crippen LogP contribution in [0, 0.1) is 6.92 Å². The second-order valence-corrected chi connectivity index (χ2v) is 6.88. The van der Waals surface area contributed by atoms with Gasteiger partial charge >= 0.3 is 0 Å². The number of benzene rings is 2. The summed E-state index contributed by atoms with van der Waals surface area (Å²) in [5.74, 6) is 1.63. The molecule has 2 aliphatic rings. The largest absolute Gasteiger partial charge is 0.252 e. The first-order chi connectivity index (χ1) is 10.8. The fourth-order valence-corrected chi connectivity index (χ4v) is 4.55. The summed E-state index contributed by atoms with van der Waals surface area (Å²) in [4.78, 5) is 4.86. The molecule has 1 heteroatoms. The van der Waals surface area contributed by atoms with Gasteiger partial charge in [0, 0.05) is 16.6 Å². The molecule has 22 heavy (non-hydrogen) atoms. The molecule has 1 heterocycles. The summed E-state index contributed by atoms with van der Waals surface area (Å²) in [7, 11) is 0. The lowest BCUT2D eigenvalue weighted by molar-refractivity contribution is 0.718. The average Bonchev–Trinajstić information content (AvgIpc) is 3.16. The molecule has 1 saturated carbocycles. The fraction of sp³-hybridized carbons (Fsp3) is 0.286. The molecule has 2 aromatic carbocycles. The van der Waals surface area contributed by atoms with Gasteiger partial charge in [-0.15, -0.1) is 0 Å². The molecule has 2 aliphatic carbocycles. The molecule has 2 bridgehead atoms. The van der Waals surface area contributed by atoms with E-state index < -0.39 is 0 Å². The lowest BCUT2D eigenvalue weighted by Gasteiger charge is -2.16. The van der Waals surface area contributed by atoms with Gasteiger partial charge in [-0.3, -0.25) is 4.98 Å². The molecule has 0 aliphatic heterocycles. The van der Waals surface area contributed by atoms with Crippen molar-refractivity contribution in [3.8, 4) is 11.3 Å². The Labute approximate surface area is 131 Å². The average molecular weight is 285 g/mol. The molecule has 3 aromatic rings. The molecule has 2 unspecified atom stereocenters. The van der Waals surface area contributed by atoms with Gasteiger partial charge < -0.3 is 0 Å². The highest BCUT2D eigenvalue weighted by molar-refractivity contribution is 5.95. The van der Waals surface area contributed by atoms with Crippen molar-refractivity contribution in [2.24, 2.45) is 0 Å². The van der Waals surface area contributed by atoms with Crippen LogP contribution < -0.4 is 0 Å². The second-order valence-electron chi connectivity index (χ2n) is 6.88. The van der Waals surface area contributed by atoms with E-state index in [0.29, 0.717) is 0 Å². The highest BCUT2D eigenvalue weighted by atomic mass is 14.7. The van der Waals surface area contributed by atoms with Crippen molar-refractivity contribution in [2.45, 2.75) is 38.0 Å². The number of hydrogen-bond acceptors (Lipinski definition) is 1. The third-order valence-electron chi connectivity index (χ3n) is 5.54. The standard InChI is InChI=1S/C21H19N/c1-13-10-14-4-2-3-5-19(14)21(22-13)17-8-9-18-15-6-7-16(11-15)20(18)12-17/h2-5,8-10,12,15-16H,6-7,11H2,1H3. The normalized spacial score (nSPS) is 22.2. The highest BCUT2D eigenvalue weighted by Gasteiger charge is 2.36. The molecule has 5 rings (SSSR count). The van der Waals surface area contributed by atoms with Crippen LogP contribution in [0.15, 0.2) is 48.5 Å². The third-order valence-corrected chi connectivity index (χ3v) is 5.54. The van der Waals surface area contributed by atoms with Crippen molar-refractivity contribution in [1.82, 2.24) is 4.98 Å². The molecule has 1 fully saturated rings. The van der Waals surface area contributed by atoms with E-state index in [2.05, 4.69) is 55.5 Å². The molecular weight excluding hydrogens is 266 g/mol. The van der Waals surface area contributed by atoms with Gasteiger partial charge in [0.05, 0.1) is 5.69 Å². The van der Waals surface area contributed by atoms with E-state index in [9.17, 15) is 0 Å². The predicted octanol–water partition coefficient (Wildman–Crippen LogP) is 5.57. The maximum absolute atomic E-state index is 4.86. The van der Waals surface area contributed by atoms with E-state index in [4.69, 9.17) is 4.98 Å². The van der Waals surface area contributed by atoms with Crippen molar-refractivity contribution >= 4 is 10.8 Å². The summed E-state index contributed by atoms with van der Waals surface area (Å²) in [5.41, 5.74) is 6.72. The zero-order chi connectivity index (χ0) is 14.7. The Hall–Kier alpha value is -2.15. The predicted molar refractivity (Wildman–Crippen MR) is 91.2 cm³/mol. The first kappa shape index (κ1) is 12.4. The van der Waals surface area contributed by atoms with Crippen molar-refractivity contribution in [1.29, 1.82) is 0 Å². The minimum atomic E-state index is 0.802. The van der Waals surface area contributed by atoms with E-state index in [1.807, 2.05) is 0 Å². The first-order valence-electron chi connectivity index (χ1n) is 8.30. The number of hydrogen-bond donors (Lipinski definition) is 0. The van der Waals surface area contributed by atoms with E-state index in [0.717, 1.165) is 23.2 Å². The number of nitrogens with zero attached hydrogens (tertiary/aromatic N) is 1. The van der Waals surface area contributed by atoms with Crippen LogP contribution in [0.4, 0.5) is 0 Å². The van der Waals surface area contributed by atoms with Crippen LogP contribution >= 0.6 is 0 Å². The van der Waals surface area contributed by atoms with Crippen molar-refractivity contribution in [3.05, 3.63) is 65.4 Å². The van der Waals surface area contributed by atoms with Crippen LogP contribution in [-0.4, -0.2) is 4.98 Å². The molecule has 0 amide bonds. The van der Waals surface area contributed by atoms with Gasteiger partial charge in [-0.05, 0) is 66.7 Å². The molecule has 1 aromatic heterocycles. The van der Waals surface area contributed by atoms with Crippen LogP contribution in [0.1, 0.15) is 47.9 Å². The van der Waals surface area contributed by atoms with Gasteiger partial charge in [-0.25, -0.2) is 0 Å². The van der Waals surface area contributed by atoms with Crippen LogP contribution in [0.3, 0.4) is 0 Å². The fourth-order valence-electron chi connectivity index (χ4n) is 4.55. The van der Waals surface area contributed by atoms with Crippen molar-refractivity contribution in [3.63, 3.8) is 0 Å². The van der Waals surface area contributed by atoms with Gasteiger partial charge in [0.1, 0.15) is 0 Å². The minimum absolute atomic E-state index is 0.802. The molecule has 0 saturated heterocycles. The van der Waals surface area contributed by atoms with Gasteiger partial charge in [-0.2, -0.15) is 0 Å². The Kier molecular flexibility index (Phi) is 2.49. The van der Waals surface area contributed by atoms with E-state index >= 15 is 0 Å². The second kappa shape index (κ2) is 4.42. The summed E-state index contributed by atoms with van der Waals surface area (Å²) in [5, 5.41) is 2.54. The monoisotopic (exact) mass is 285 g/mol. The third kappa shape index (κ3) is 1.68. The maximum atomic E-state index is 4.86. The smallest absolute Gasteiger partial charge is 0.0783 e. The minimum Gasteiger partial charge on any atom is -0.252 e. The molecule has 0 N–H and O–H groups in total. The lowest BCUT2D eigenvalue weighted by Crippen LogP contribution is -1.98. The summed E-state index contributed by atoms with van der Waals surface area (Å²) in [6, 6.07) is 17.8. The zero-order valence-electron chi connectivity index (χ0n) is 12.8. The molecule has 2 atom stereocenters. The topological polar surface area (TPSA) is 12.9 Å². The number of aryl methyl sites for hydroxylation is 1. The molecular formula is C21H19N. The number of aromatic nitrogens is 1. The number of rotatable bonds is 1. The van der Waals surface area contributed by atoms with E-state index in [1.54, 1.807) is 11.1 Å². The molecule has 0 spiro atoms. The molecule has 1 nitrogen and oxygen atoms in total. The Balaban J connectivity index is 1.74. The van der Waals surface area contributed by atoms with Crippen molar-refractivity contribution < 1.29 is 0 Å². The molecule has 108 valence electrons. The van der Waals surface area contributed by atoms with Crippen LogP contribution in [0.25, 0.3) is 22.0 Å². The van der Waals surface area contributed by atoms with Gasteiger partial charge in [0.25, 0.3) is 0 Å². The molecule has 0 radical (unpaired) electrons. The van der Waals surface area contributed by atoms with Gasteiger partial charge in [-0.1, -0.05) is 36.4 Å². The van der Waals surface area contributed by atoms with Gasteiger partial charge in [0.2, 0.25) is 0 Å². The van der Waals surface area contributed by atoms with Crippen LogP contribution in [-0.2, 0) is 0 Å².